The zero-order valence-electron chi connectivity index (χ0n) is 12.2. The van der Waals surface area contributed by atoms with Gasteiger partial charge in [-0.1, -0.05) is 54.6 Å². The molecule has 3 heteroatoms. The minimum absolute atomic E-state index is 0.219. The minimum Gasteiger partial charge on any atom is -0.469 e. The molecule has 1 aliphatic rings. The maximum Gasteiger partial charge on any atom is 0.314 e. The van der Waals surface area contributed by atoms with Gasteiger partial charge in [0.2, 0.25) is 0 Å². The number of hydrogen-bond acceptors (Lipinski definition) is 3. The molecule has 2 aromatic rings. The van der Waals surface area contributed by atoms with Gasteiger partial charge in [0.15, 0.2) is 0 Å². The van der Waals surface area contributed by atoms with Crippen LogP contribution in [0.4, 0.5) is 0 Å². The van der Waals surface area contributed by atoms with Gasteiger partial charge in [0.1, 0.15) is 5.92 Å². The second-order valence-corrected chi connectivity index (χ2v) is 5.29. The summed E-state index contributed by atoms with van der Waals surface area (Å²) in [6.45, 7) is 2.03. The Balaban J connectivity index is 1.91. The van der Waals surface area contributed by atoms with Crippen molar-refractivity contribution in [3.63, 3.8) is 0 Å². The van der Waals surface area contributed by atoms with Gasteiger partial charge in [-0.25, -0.2) is 0 Å². The summed E-state index contributed by atoms with van der Waals surface area (Å²) < 4.78 is 11.0. The van der Waals surface area contributed by atoms with Crippen molar-refractivity contribution in [2.45, 2.75) is 19.1 Å². The molecule has 1 saturated heterocycles. The summed E-state index contributed by atoms with van der Waals surface area (Å²) in [4.78, 5) is 12.2. The fourth-order valence-electron chi connectivity index (χ4n) is 2.88. The summed E-state index contributed by atoms with van der Waals surface area (Å²) >= 11 is 0. The molecule has 0 aromatic heterocycles. The Morgan fingerprint density at radius 3 is 2.33 bits per heavy atom. The van der Waals surface area contributed by atoms with Gasteiger partial charge in [-0.2, -0.15) is 0 Å². The van der Waals surface area contributed by atoms with E-state index in [1.807, 2.05) is 61.5 Å². The highest BCUT2D eigenvalue weighted by Gasteiger charge is 2.49. The van der Waals surface area contributed by atoms with E-state index in [4.69, 9.17) is 9.47 Å². The van der Waals surface area contributed by atoms with Crippen LogP contribution in [-0.4, -0.2) is 13.1 Å². The van der Waals surface area contributed by atoms with E-state index in [9.17, 15) is 4.79 Å². The highest BCUT2D eigenvalue weighted by atomic mass is 16.6. The van der Waals surface area contributed by atoms with Crippen LogP contribution >= 0.6 is 0 Å². The van der Waals surface area contributed by atoms with Crippen LogP contribution in [0.15, 0.2) is 54.6 Å². The number of hydrogen-bond donors (Lipinski definition) is 0. The fourth-order valence-corrected chi connectivity index (χ4v) is 2.88. The van der Waals surface area contributed by atoms with Gasteiger partial charge in [0.25, 0.3) is 0 Å². The van der Waals surface area contributed by atoms with Gasteiger partial charge in [-0.15, -0.1) is 0 Å². The van der Waals surface area contributed by atoms with E-state index in [0.717, 1.165) is 16.7 Å². The lowest BCUT2D eigenvalue weighted by atomic mass is 9.80. The van der Waals surface area contributed by atoms with Crippen molar-refractivity contribution in [2.75, 3.05) is 7.11 Å². The van der Waals surface area contributed by atoms with Gasteiger partial charge in [-0.3, -0.25) is 4.79 Å². The first-order chi connectivity index (χ1) is 10.2. The average Bonchev–Trinajstić information content (AvgIpc) is 2.49. The van der Waals surface area contributed by atoms with Crippen LogP contribution in [0.1, 0.15) is 28.9 Å². The molecule has 1 aliphatic heterocycles. The molecular weight excluding hydrogens is 264 g/mol. The number of carbonyl (C=O) groups excluding carboxylic acids is 1. The Morgan fingerprint density at radius 2 is 1.67 bits per heavy atom. The van der Waals surface area contributed by atoms with Gasteiger partial charge in [0.05, 0.1) is 19.3 Å². The summed E-state index contributed by atoms with van der Waals surface area (Å²) in [5.74, 6) is -0.512. The molecule has 0 N–H and O–H groups in total. The van der Waals surface area contributed by atoms with Crippen molar-refractivity contribution in [1.82, 2.24) is 0 Å². The van der Waals surface area contributed by atoms with Crippen molar-refractivity contribution >= 4 is 5.97 Å². The second kappa shape index (κ2) is 5.70. The molecule has 3 unspecified atom stereocenters. The van der Waals surface area contributed by atoms with Crippen molar-refractivity contribution in [3.05, 3.63) is 71.3 Å². The molecule has 0 saturated carbocycles. The van der Waals surface area contributed by atoms with E-state index in [0.29, 0.717) is 0 Å². The maximum absolute atomic E-state index is 12.2. The van der Waals surface area contributed by atoms with E-state index in [-0.39, 0.29) is 24.1 Å². The lowest BCUT2D eigenvalue weighted by Crippen LogP contribution is -2.42. The van der Waals surface area contributed by atoms with Crippen LogP contribution in [-0.2, 0) is 14.3 Å². The molecule has 108 valence electrons. The molecule has 0 bridgehead atoms. The predicted molar refractivity (Wildman–Crippen MR) is 79.7 cm³/mol. The normalized spacial score (nSPS) is 24.2. The molecule has 3 atom stereocenters. The van der Waals surface area contributed by atoms with Crippen LogP contribution in [0.3, 0.4) is 0 Å². The number of esters is 1. The molecule has 3 rings (SSSR count). The number of ether oxygens (including phenoxy) is 2. The molecular formula is C18H18O3. The molecule has 21 heavy (non-hydrogen) atoms. The monoisotopic (exact) mass is 282 g/mol. The molecule has 2 aromatic carbocycles. The molecule has 1 fully saturated rings. The molecule has 0 amide bonds. The smallest absolute Gasteiger partial charge is 0.314 e. The summed E-state index contributed by atoms with van der Waals surface area (Å²) in [5, 5.41) is 0. The molecule has 1 heterocycles. The molecule has 0 spiro atoms. The van der Waals surface area contributed by atoms with Crippen LogP contribution < -0.4 is 0 Å². The predicted octanol–water partition coefficient (Wildman–Crippen LogP) is 3.60. The van der Waals surface area contributed by atoms with Crippen LogP contribution in [0, 0.1) is 12.8 Å². The number of benzene rings is 2. The summed E-state index contributed by atoms with van der Waals surface area (Å²) in [6, 6.07) is 17.8. The molecule has 0 radical (unpaired) electrons. The third-order valence-electron chi connectivity index (χ3n) is 4.04. The van der Waals surface area contributed by atoms with Crippen LogP contribution in [0.5, 0.6) is 0 Å². The van der Waals surface area contributed by atoms with Crippen LogP contribution in [0.25, 0.3) is 0 Å². The van der Waals surface area contributed by atoms with Crippen LogP contribution in [0.2, 0.25) is 0 Å². The summed E-state index contributed by atoms with van der Waals surface area (Å²) in [7, 11) is 1.43. The second-order valence-electron chi connectivity index (χ2n) is 5.29. The van der Waals surface area contributed by atoms with Crippen molar-refractivity contribution in [2.24, 2.45) is 5.92 Å². The van der Waals surface area contributed by atoms with E-state index >= 15 is 0 Å². The third-order valence-corrected chi connectivity index (χ3v) is 4.04. The third kappa shape index (κ3) is 2.45. The zero-order valence-corrected chi connectivity index (χ0v) is 12.2. The minimum atomic E-state index is -0.293. The fraction of sp³-hybridized carbons (Fsp3) is 0.278. The first-order valence-corrected chi connectivity index (χ1v) is 7.06. The number of carbonyl (C=O) groups is 1. The van der Waals surface area contributed by atoms with E-state index in [1.54, 1.807) is 0 Å². The van der Waals surface area contributed by atoms with Gasteiger partial charge in [0, 0.05) is 0 Å². The Hall–Kier alpha value is -2.13. The zero-order chi connectivity index (χ0) is 14.8. The summed E-state index contributed by atoms with van der Waals surface area (Å²) in [6.07, 6.45) is -0.466. The summed E-state index contributed by atoms with van der Waals surface area (Å²) in [5.41, 5.74) is 3.20. The number of methoxy groups -OCH3 is 1. The topological polar surface area (TPSA) is 35.5 Å². The molecule has 3 nitrogen and oxygen atoms in total. The van der Waals surface area contributed by atoms with Gasteiger partial charge in [-0.05, 0) is 23.6 Å². The van der Waals surface area contributed by atoms with Crippen molar-refractivity contribution in [1.29, 1.82) is 0 Å². The standard InChI is InChI=1S/C18H18O3/c1-12-8-6-7-11-14(12)17-15(18(19)20-2)16(21-17)13-9-4-3-5-10-13/h3-11,15-17H,1-2H3. The van der Waals surface area contributed by atoms with E-state index in [2.05, 4.69) is 0 Å². The van der Waals surface area contributed by atoms with Crippen molar-refractivity contribution in [3.8, 4) is 0 Å². The Kier molecular flexibility index (Phi) is 3.76. The Labute approximate surface area is 124 Å². The maximum atomic E-state index is 12.2. The van der Waals surface area contributed by atoms with Crippen molar-refractivity contribution < 1.29 is 14.3 Å². The van der Waals surface area contributed by atoms with E-state index in [1.165, 1.54) is 7.11 Å². The average molecular weight is 282 g/mol. The Morgan fingerprint density at radius 1 is 1.00 bits per heavy atom. The Bertz CT molecular complexity index is 636. The van der Waals surface area contributed by atoms with E-state index < -0.39 is 0 Å². The highest BCUT2D eigenvalue weighted by molar-refractivity contribution is 5.75. The first-order valence-electron chi connectivity index (χ1n) is 7.06. The number of aryl methyl sites for hydroxylation is 1. The highest BCUT2D eigenvalue weighted by Crippen LogP contribution is 2.51. The number of rotatable bonds is 3. The lowest BCUT2D eigenvalue weighted by molar-refractivity contribution is -0.212. The molecule has 0 aliphatic carbocycles. The quantitative estimate of drug-likeness (QED) is 0.807. The SMILES string of the molecule is COC(=O)C1C(c2ccccc2)OC1c1ccccc1C. The first kappa shape index (κ1) is 13.8. The van der Waals surface area contributed by atoms with Gasteiger partial charge >= 0.3 is 5.97 Å². The largest absolute Gasteiger partial charge is 0.469 e. The van der Waals surface area contributed by atoms with Gasteiger partial charge < -0.3 is 9.47 Å². The lowest BCUT2D eigenvalue weighted by Gasteiger charge is -2.44.